The molecule has 2 amide bonds. The molecular formula is C23H25N3O2. The number of nitrogens with zero attached hydrogens (tertiary/aromatic N) is 3. The van der Waals surface area contributed by atoms with Gasteiger partial charge in [-0.1, -0.05) is 48.9 Å². The van der Waals surface area contributed by atoms with E-state index in [-0.39, 0.29) is 29.8 Å². The molecule has 5 heteroatoms. The highest BCUT2D eigenvalue weighted by atomic mass is 16.2. The Labute approximate surface area is 165 Å². The molecule has 3 heterocycles. The number of imide groups is 1. The van der Waals surface area contributed by atoms with E-state index in [4.69, 9.17) is 0 Å². The van der Waals surface area contributed by atoms with Gasteiger partial charge in [-0.3, -0.25) is 9.59 Å². The van der Waals surface area contributed by atoms with Crippen LogP contribution in [0.15, 0.2) is 48.5 Å². The Morgan fingerprint density at radius 2 is 1.50 bits per heavy atom. The fraction of sp³-hybridized carbons (Fsp3) is 0.391. The minimum atomic E-state index is -0.382. The molecule has 0 radical (unpaired) electrons. The highest BCUT2D eigenvalue weighted by Gasteiger charge is 2.62. The third kappa shape index (κ3) is 2.46. The van der Waals surface area contributed by atoms with E-state index >= 15 is 0 Å². The van der Waals surface area contributed by atoms with Gasteiger partial charge in [-0.05, 0) is 43.0 Å². The topological polar surface area (TPSA) is 43.9 Å². The van der Waals surface area contributed by atoms with Crippen LogP contribution in [0.3, 0.4) is 0 Å². The van der Waals surface area contributed by atoms with E-state index in [9.17, 15) is 9.59 Å². The van der Waals surface area contributed by atoms with Crippen LogP contribution < -0.4 is 4.90 Å². The Morgan fingerprint density at radius 1 is 0.857 bits per heavy atom. The molecule has 0 aromatic heterocycles. The average molecular weight is 375 g/mol. The first-order valence-electron chi connectivity index (χ1n) is 10.2. The van der Waals surface area contributed by atoms with Crippen LogP contribution in [-0.2, 0) is 16.0 Å². The maximum atomic E-state index is 13.5. The van der Waals surface area contributed by atoms with Gasteiger partial charge >= 0.3 is 0 Å². The van der Waals surface area contributed by atoms with Crippen molar-refractivity contribution in [1.82, 2.24) is 10.0 Å². The lowest BCUT2D eigenvalue weighted by atomic mass is 9.89. The second kappa shape index (κ2) is 6.54. The Balaban J connectivity index is 1.55. The zero-order valence-electron chi connectivity index (χ0n) is 16.3. The number of hydrogen-bond donors (Lipinski definition) is 0. The van der Waals surface area contributed by atoms with Crippen LogP contribution in [0, 0.1) is 12.8 Å². The van der Waals surface area contributed by atoms with Crippen LogP contribution >= 0.6 is 0 Å². The average Bonchev–Trinajstić information content (AvgIpc) is 3.35. The molecule has 28 heavy (non-hydrogen) atoms. The number of fused-ring (bicyclic) bond motifs is 3. The van der Waals surface area contributed by atoms with Crippen LogP contribution in [0.5, 0.6) is 0 Å². The van der Waals surface area contributed by atoms with Gasteiger partial charge in [-0.25, -0.2) is 14.9 Å². The summed E-state index contributed by atoms with van der Waals surface area (Å²) < 4.78 is 0. The first-order chi connectivity index (χ1) is 13.6. The highest BCUT2D eigenvalue weighted by Crippen LogP contribution is 2.48. The lowest BCUT2D eigenvalue weighted by Gasteiger charge is -2.29. The molecule has 0 unspecified atom stereocenters. The smallest absolute Gasteiger partial charge is 0.253 e. The summed E-state index contributed by atoms with van der Waals surface area (Å²) in [7, 11) is 0. The summed E-state index contributed by atoms with van der Waals surface area (Å²) in [6, 6.07) is 15.8. The van der Waals surface area contributed by atoms with Crippen molar-refractivity contribution in [2.24, 2.45) is 5.92 Å². The van der Waals surface area contributed by atoms with Crippen molar-refractivity contribution in [2.45, 2.75) is 38.8 Å². The van der Waals surface area contributed by atoms with E-state index < -0.39 is 0 Å². The summed E-state index contributed by atoms with van der Waals surface area (Å²) >= 11 is 0. The normalized spacial score (nSPS) is 27.5. The maximum Gasteiger partial charge on any atom is 0.253 e. The van der Waals surface area contributed by atoms with E-state index in [2.05, 4.69) is 48.1 Å². The van der Waals surface area contributed by atoms with E-state index in [1.807, 2.05) is 24.3 Å². The Kier molecular flexibility index (Phi) is 4.11. The van der Waals surface area contributed by atoms with Crippen LogP contribution in [0.2, 0.25) is 0 Å². The molecule has 5 nitrogen and oxygen atoms in total. The minimum absolute atomic E-state index is 0.0653. The predicted octanol–water partition coefficient (Wildman–Crippen LogP) is 3.09. The van der Waals surface area contributed by atoms with E-state index in [0.717, 1.165) is 31.5 Å². The van der Waals surface area contributed by atoms with Gasteiger partial charge < -0.3 is 0 Å². The summed E-state index contributed by atoms with van der Waals surface area (Å²) in [6.07, 6.45) is 1.96. The van der Waals surface area contributed by atoms with Crippen molar-refractivity contribution < 1.29 is 9.59 Å². The van der Waals surface area contributed by atoms with Crippen molar-refractivity contribution in [3.05, 3.63) is 65.2 Å². The molecule has 144 valence electrons. The number of benzene rings is 2. The van der Waals surface area contributed by atoms with Crippen molar-refractivity contribution in [2.75, 3.05) is 18.0 Å². The number of hydrazine groups is 1. The molecule has 5 rings (SSSR count). The Bertz CT molecular complexity index is 922. The van der Waals surface area contributed by atoms with Gasteiger partial charge in [0.2, 0.25) is 5.91 Å². The third-order valence-electron chi connectivity index (χ3n) is 6.43. The van der Waals surface area contributed by atoms with Crippen molar-refractivity contribution in [1.29, 1.82) is 0 Å². The van der Waals surface area contributed by atoms with Crippen LogP contribution in [0.25, 0.3) is 0 Å². The molecule has 3 atom stereocenters. The predicted molar refractivity (Wildman–Crippen MR) is 108 cm³/mol. The molecule has 3 aliphatic heterocycles. The van der Waals surface area contributed by atoms with Crippen molar-refractivity contribution in [3.63, 3.8) is 0 Å². The number of carbonyl (C=O) groups is 2. The summed E-state index contributed by atoms with van der Waals surface area (Å²) in [6.45, 7) is 5.90. The lowest BCUT2D eigenvalue weighted by Crippen LogP contribution is -2.44. The van der Waals surface area contributed by atoms with Crippen molar-refractivity contribution >= 4 is 17.5 Å². The van der Waals surface area contributed by atoms with Crippen LogP contribution in [0.4, 0.5) is 5.69 Å². The fourth-order valence-corrected chi connectivity index (χ4v) is 5.01. The monoisotopic (exact) mass is 375 g/mol. The molecule has 0 N–H and O–H groups in total. The number of amides is 2. The van der Waals surface area contributed by atoms with Crippen LogP contribution in [-0.4, -0.2) is 41.0 Å². The Morgan fingerprint density at radius 3 is 2.14 bits per heavy atom. The van der Waals surface area contributed by atoms with Crippen LogP contribution in [0.1, 0.15) is 36.1 Å². The number of carbonyl (C=O) groups excluding carboxylic acids is 2. The first-order valence-corrected chi connectivity index (χ1v) is 10.2. The van der Waals surface area contributed by atoms with Gasteiger partial charge in [-0.15, -0.1) is 0 Å². The molecule has 0 saturated carbocycles. The minimum Gasteiger partial charge on any atom is -0.274 e. The SMILES string of the molecule is CCc1ccc(N2C(=O)[C@H]3[C@@H](c4ccc(C)cc4)N4CCCN4[C@H]3C2=O)cc1. The molecule has 0 spiro atoms. The summed E-state index contributed by atoms with van der Waals surface area (Å²) in [5, 5.41) is 4.41. The molecule has 2 aromatic rings. The number of rotatable bonds is 3. The highest BCUT2D eigenvalue weighted by molar-refractivity contribution is 6.24. The second-order valence-corrected chi connectivity index (χ2v) is 8.04. The molecule has 3 aliphatic rings. The van der Waals surface area contributed by atoms with Gasteiger partial charge in [0.05, 0.1) is 17.6 Å². The fourth-order valence-electron chi connectivity index (χ4n) is 5.01. The number of aryl methyl sites for hydroxylation is 2. The lowest BCUT2D eigenvalue weighted by molar-refractivity contribution is -0.126. The number of hydrogen-bond acceptors (Lipinski definition) is 4. The molecule has 3 saturated heterocycles. The first kappa shape index (κ1) is 17.6. The van der Waals surface area contributed by atoms with Gasteiger partial charge in [0.1, 0.15) is 6.04 Å². The third-order valence-corrected chi connectivity index (χ3v) is 6.43. The van der Waals surface area contributed by atoms with Crippen molar-refractivity contribution in [3.8, 4) is 0 Å². The zero-order chi connectivity index (χ0) is 19.4. The zero-order valence-corrected chi connectivity index (χ0v) is 16.3. The van der Waals surface area contributed by atoms with E-state index in [1.165, 1.54) is 16.0 Å². The quantitative estimate of drug-likeness (QED) is 0.774. The summed E-state index contributed by atoms with van der Waals surface area (Å²) in [5.41, 5.74) is 4.21. The van der Waals surface area contributed by atoms with Gasteiger partial charge in [0, 0.05) is 13.1 Å². The van der Waals surface area contributed by atoms with Gasteiger partial charge in [0.25, 0.3) is 5.91 Å². The molecule has 3 fully saturated rings. The summed E-state index contributed by atoms with van der Waals surface area (Å²) in [4.78, 5) is 28.3. The van der Waals surface area contributed by atoms with Gasteiger partial charge in [-0.2, -0.15) is 0 Å². The summed E-state index contributed by atoms with van der Waals surface area (Å²) in [5.74, 6) is -0.499. The van der Waals surface area contributed by atoms with E-state index in [1.54, 1.807) is 0 Å². The molecule has 0 aliphatic carbocycles. The largest absolute Gasteiger partial charge is 0.274 e. The molecule has 0 bridgehead atoms. The molecular weight excluding hydrogens is 350 g/mol. The Hall–Kier alpha value is -2.50. The van der Waals surface area contributed by atoms with E-state index in [0.29, 0.717) is 5.69 Å². The number of anilines is 1. The second-order valence-electron chi connectivity index (χ2n) is 8.04. The maximum absolute atomic E-state index is 13.5. The standard InChI is InChI=1S/C23H25N3O2/c1-3-16-7-11-18(12-8-16)26-22(27)19-20(17-9-5-15(2)6-10-17)24-13-4-14-25(24)21(19)23(26)28/h5-12,19-21H,3-4,13-14H2,1-2H3/t19-,20+,21+/m0/s1. The molecule has 2 aromatic carbocycles. The van der Waals surface area contributed by atoms with Gasteiger partial charge in [0.15, 0.2) is 0 Å².